The number of aromatic nitrogens is 5. The summed E-state index contributed by atoms with van der Waals surface area (Å²) in [6, 6.07) is 17.4. The van der Waals surface area contributed by atoms with E-state index in [0.29, 0.717) is 11.4 Å². The van der Waals surface area contributed by atoms with E-state index >= 15 is 0 Å². The number of thiazole rings is 1. The van der Waals surface area contributed by atoms with Gasteiger partial charge in [0.15, 0.2) is 0 Å². The average Bonchev–Trinajstić information content (AvgIpc) is 3.56. The third kappa shape index (κ3) is 3.51. The molecule has 1 amide bonds. The smallest absolute Gasteiger partial charge is 0.275 e. The SMILES string of the molecule is O=C(Nc1ccccc1-n1ccnc1)c1csc(-c2cnn(-c3ccccc3)c2)n1. The van der Waals surface area contributed by atoms with E-state index in [2.05, 4.69) is 20.4 Å². The van der Waals surface area contributed by atoms with Crippen LogP contribution in [0.4, 0.5) is 5.69 Å². The lowest BCUT2D eigenvalue weighted by Crippen LogP contribution is -2.14. The quantitative estimate of drug-likeness (QED) is 0.463. The fourth-order valence-corrected chi connectivity index (χ4v) is 3.83. The Labute approximate surface area is 176 Å². The Balaban J connectivity index is 1.37. The Bertz CT molecular complexity index is 1290. The molecule has 0 atom stereocenters. The van der Waals surface area contributed by atoms with Crippen LogP contribution < -0.4 is 5.32 Å². The molecule has 30 heavy (non-hydrogen) atoms. The number of amides is 1. The van der Waals surface area contributed by atoms with E-state index in [1.165, 1.54) is 11.3 Å². The van der Waals surface area contributed by atoms with Gasteiger partial charge in [0.05, 0.1) is 29.6 Å². The number of hydrogen-bond donors (Lipinski definition) is 1. The molecule has 2 aromatic carbocycles. The fraction of sp³-hybridized carbons (Fsp3) is 0. The third-order valence-electron chi connectivity index (χ3n) is 4.52. The van der Waals surface area contributed by atoms with E-state index < -0.39 is 0 Å². The summed E-state index contributed by atoms with van der Waals surface area (Å²) in [6.45, 7) is 0. The second-order valence-corrected chi connectivity index (χ2v) is 7.35. The number of benzene rings is 2. The molecule has 7 nitrogen and oxygen atoms in total. The molecular formula is C22H16N6OS. The first kappa shape index (κ1) is 18.0. The molecule has 0 aliphatic heterocycles. The van der Waals surface area contributed by atoms with E-state index in [-0.39, 0.29) is 5.91 Å². The summed E-state index contributed by atoms with van der Waals surface area (Å²) in [5.74, 6) is -0.263. The number of imidazole rings is 1. The number of nitrogens with zero attached hydrogens (tertiary/aromatic N) is 5. The van der Waals surface area contributed by atoms with Crippen LogP contribution in [-0.4, -0.2) is 30.2 Å². The number of carbonyl (C=O) groups excluding carboxylic acids is 1. The number of carbonyl (C=O) groups is 1. The third-order valence-corrected chi connectivity index (χ3v) is 5.41. The number of nitrogens with one attached hydrogen (secondary N) is 1. The summed E-state index contributed by atoms with van der Waals surface area (Å²) in [7, 11) is 0. The van der Waals surface area contributed by atoms with E-state index in [1.54, 1.807) is 28.8 Å². The van der Waals surface area contributed by atoms with Crippen molar-refractivity contribution in [2.75, 3.05) is 5.32 Å². The van der Waals surface area contributed by atoms with Crippen LogP contribution in [-0.2, 0) is 0 Å². The Kier molecular flexibility index (Phi) is 4.66. The maximum atomic E-state index is 12.8. The Morgan fingerprint density at radius 2 is 1.87 bits per heavy atom. The first-order valence-corrected chi connectivity index (χ1v) is 10.1. The molecule has 0 saturated carbocycles. The largest absolute Gasteiger partial charge is 0.319 e. The maximum Gasteiger partial charge on any atom is 0.275 e. The predicted molar refractivity (Wildman–Crippen MR) is 116 cm³/mol. The summed E-state index contributed by atoms with van der Waals surface area (Å²) in [5, 5.41) is 9.84. The normalized spacial score (nSPS) is 10.8. The highest BCUT2D eigenvalue weighted by atomic mass is 32.1. The van der Waals surface area contributed by atoms with Gasteiger partial charge >= 0.3 is 0 Å². The van der Waals surface area contributed by atoms with Crippen LogP contribution in [0.1, 0.15) is 10.5 Å². The van der Waals surface area contributed by atoms with Gasteiger partial charge in [-0.1, -0.05) is 30.3 Å². The van der Waals surface area contributed by atoms with Crippen LogP contribution in [0.25, 0.3) is 21.9 Å². The van der Waals surface area contributed by atoms with Crippen LogP contribution in [0.15, 0.2) is 91.1 Å². The molecule has 0 bridgehead atoms. The van der Waals surface area contributed by atoms with E-state index in [4.69, 9.17) is 0 Å². The minimum atomic E-state index is -0.263. The standard InChI is InChI=1S/C22H16N6OS/c29-21(25-18-8-4-5-9-20(18)27-11-10-23-15-27)19-14-30-22(26-19)16-12-24-28(13-16)17-6-2-1-3-7-17/h1-15H,(H,25,29). The average molecular weight is 412 g/mol. The van der Waals surface area contributed by atoms with Gasteiger partial charge < -0.3 is 9.88 Å². The highest BCUT2D eigenvalue weighted by molar-refractivity contribution is 7.13. The van der Waals surface area contributed by atoms with Crippen molar-refractivity contribution in [3.05, 3.63) is 96.8 Å². The monoisotopic (exact) mass is 412 g/mol. The Morgan fingerprint density at radius 1 is 1.03 bits per heavy atom. The van der Waals surface area contributed by atoms with Crippen molar-refractivity contribution in [2.45, 2.75) is 0 Å². The molecule has 8 heteroatoms. The summed E-state index contributed by atoms with van der Waals surface area (Å²) in [5.41, 5.74) is 3.72. The second-order valence-electron chi connectivity index (χ2n) is 6.49. The fourth-order valence-electron chi connectivity index (χ4n) is 3.06. The zero-order valence-electron chi connectivity index (χ0n) is 15.7. The van der Waals surface area contributed by atoms with Crippen molar-refractivity contribution in [1.82, 2.24) is 24.3 Å². The summed E-state index contributed by atoms with van der Waals surface area (Å²) < 4.78 is 3.64. The molecule has 0 saturated heterocycles. The van der Waals surface area contributed by atoms with Crippen molar-refractivity contribution in [3.63, 3.8) is 0 Å². The van der Waals surface area contributed by atoms with Crippen LogP contribution in [0, 0.1) is 0 Å². The zero-order chi connectivity index (χ0) is 20.3. The van der Waals surface area contributed by atoms with Gasteiger partial charge in [-0.2, -0.15) is 5.10 Å². The summed E-state index contributed by atoms with van der Waals surface area (Å²) in [6.07, 6.45) is 8.87. The minimum Gasteiger partial charge on any atom is -0.319 e. The minimum absolute atomic E-state index is 0.263. The molecule has 3 aromatic heterocycles. The zero-order valence-corrected chi connectivity index (χ0v) is 16.5. The molecule has 146 valence electrons. The molecule has 5 rings (SSSR count). The van der Waals surface area contributed by atoms with Crippen LogP contribution in [0.5, 0.6) is 0 Å². The first-order chi connectivity index (χ1) is 14.8. The molecule has 0 unspecified atom stereocenters. The molecular weight excluding hydrogens is 396 g/mol. The van der Waals surface area contributed by atoms with Crippen LogP contribution in [0.2, 0.25) is 0 Å². The maximum absolute atomic E-state index is 12.8. The number of hydrogen-bond acceptors (Lipinski definition) is 5. The Morgan fingerprint density at radius 3 is 2.70 bits per heavy atom. The molecule has 1 N–H and O–H groups in total. The topological polar surface area (TPSA) is 77.6 Å². The second kappa shape index (κ2) is 7.76. The van der Waals surface area contributed by atoms with Crippen molar-refractivity contribution in [2.24, 2.45) is 0 Å². The van der Waals surface area contributed by atoms with Gasteiger partial charge in [-0.05, 0) is 24.3 Å². The molecule has 5 aromatic rings. The number of rotatable bonds is 5. The van der Waals surface area contributed by atoms with Gasteiger partial charge in [0, 0.05) is 29.5 Å². The van der Waals surface area contributed by atoms with Gasteiger partial charge in [-0.15, -0.1) is 11.3 Å². The molecule has 3 heterocycles. The van der Waals surface area contributed by atoms with E-state index in [1.807, 2.05) is 71.6 Å². The number of para-hydroxylation sites is 3. The first-order valence-electron chi connectivity index (χ1n) is 9.22. The lowest BCUT2D eigenvalue weighted by atomic mass is 10.2. The highest BCUT2D eigenvalue weighted by Gasteiger charge is 2.15. The van der Waals surface area contributed by atoms with Crippen LogP contribution in [0.3, 0.4) is 0 Å². The number of anilines is 1. The lowest BCUT2D eigenvalue weighted by Gasteiger charge is -2.10. The molecule has 0 aliphatic rings. The van der Waals surface area contributed by atoms with Gasteiger partial charge in [-0.3, -0.25) is 4.79 Å². The molecule has 0 radical (unpaired) electrons. The van der Waals surface area contributed by atoms with Crippen molar-refractivity contribution in [1.29, 1.82) is 0 Å². The molecule has 0 spiro atoms. The lowest BCUT2D eigenvalue weighted by molar-refractivity contribution is 0.102. The van der Waals surface area contributed by atoms with Gasteiger partial charge in [-0.25, -0.2) is 14.6 Å². The van der Waals surface area contributed by atoms with Gasteiger partial charge in [0.2, 0.25) is 0 Å². The predicted octanol–water partition coefficient (Wildman–Crippen LogP) is 4.43. The van der Waals surface area contributed by atoms with Crippen molar-refractivity contribution in [3.8, 4) is 21.9 Å². The van der Waals surface area contributed by atoms with Crippen molar-refractivity contribution < 1.29 is 4.79 Å². The highest BCUT2D eigenvalue weighted by Crippen LogP contribution is 2.25. The van der Waals surface area contributed by atoms with E-state index in [0.717, 1.165) is 21.9 Å². The summed E-state index contributed by atoms with van der Waals surface area (Å²) in [4.78, 5) is 21.4. The molecule has 0 fully saturated rings. The summed E-state index contributed by atoms with van der Waals surface area (Å²) >= 11 is 1.41. The van der Waals surface area contributed by atoms with E-state index in [9.17, 15) is 4.79 Å². The van der Waals surface area contributed by atoms with Crippen LogP contribution >= 0.6 is 11.3 Å². The van der Waals surface area contributed by atoms with Crippen molar-refractivity contribution >= 4 is 22.9 Å². The Hall–Kier alpha value is -4.04. The molecule has 0 aliphatic carbocycles. The van der Waals surface area contributed by atoms with Gasteiger partial charge in [0.25, 0.3) is 5.91 Å². The van der Waals surface area contributed by atoms with Gasteiger partial charge in [0.1, 0.15) is 10.7 Å².